The molecule has 2 N–H and O–H groups in total. The lowest BCUT2D eigenvalue weighted by Crippen LogP contribution is -2.56. The second kappa shape index (κ2) is 5.76. The van der Waals surface area contributed by atoms with Crippen LogP contribution in [0, 0.1) is 0 Å². The smallest absolute Gasteiger partial charge is 0.407 e. The average Bonchev–Trinajstić information content (AvgIpc) is 2.87. The molecule has 1 amide bonds. The zero-order valence-corrected chi connectivity index (χ0v) is 13.5. The summed E-state index contributed by atoms with van der Waals surface area (Å²) >= 11 is 0. The minimum atomic E-state index is -0.415. The molecule has 2 heterocycles. The van der Waals surface area contributed by atoms with Crippen molar-refractivity contribution in [2.75, 3.05) is 13.1 Å². The third kappa shape index (κ3) is 3.69. The summed E-state index contributed by atoms with van der Waals surface area (Å²) in [5, 5.41) is 6.77. The number of hydrogen-bond acceptors (Lipinski definition) is 4. The van der Waals surface area contributed by atoms with Gasteiger partial charge in [-0.1, -0.05) is 0 Å². The van der Waals surface area contributed by atoms with Crippen LogP contribution in [0.2, 0.25) is 0 Å². The van der Waals surface area contributed by atoms with Crippen molar-refractivity contribution in [2.24, 2.45) is 0 Å². The molecular weight excluding hydrogens is 266 g/mol. The molecule has 0 aromatic carbocycles. The van der Waals surface area contributed by atoms with Gasteiger partial charge < -0.3 is 15.4 Å². The zero-order chi connectivity index (χ0) is 15.0. The molecule has 5 nitrogen and oxygen atoms in total. The van der Waals surface area contributed by atoms with Crippen molar-refractivity contribution < 1.29 is 9.53 Å². The molecule has 21 heavy (non-hydrogen) atoms. The van der Waals surface area contributed by atoms with Crippen molar-refractivity contribution in [2.45, 2.75) is 82.6 Å². The van der Waals surface area contributed by atoms with E-state index in [9.17, 15) is 4.79 Å². The van der Waals surface area contributed by atoms with Crippen molar-refractivity contribution >= 4 is 6.09 Å². The number of hydrogen-bond donors (Lipinski definition) is 2. The van der Waals surface area contributed by atoms with E-state index in [1.807, 2.05) is 20.8 Å². The summed E-state index contributed by atoms with van der Waals surface area (Å²) < 4.78 is 5.29. The summed E-state index contributed by atoms with van der Waals surface area (Å²) in [6.07, 6.45) is 5.77. The number of ether oxygens (including phenoxy) is 1. The molecule has 0 spiro atoms. The van der Waals surface area contributed by atoms with Gasteiger partial charge >= 0.3 is 6.09 Å². The van der Waals surface area contributed by atoms with E-state index in [1.165, 1.54) is 32.4 Å². The average molecular weight is 295 g/mol. The fraction of sp³-hybridized carbons (Fsp3) is 0.938. The summed E-state index contributed by atoms with van der Waals surface area (Å²) in [7, 11) is 0. The predicted molar refractivity (Wildman–Crippen MR) is 82.3 cm³/mol. The Labute approximate surface area is 127 Å². The summed E-state index contributed by atoms with van der Waals surface area (Å²) in [6, 6.07) is 2.27. The Morgan fingerprint density at radius 3 is 2.62 bits per heavy atom. The molecular formula is C16H29N3O2. The molecule has 0 bridgehead atoms. The van der Waals surface area contributed by atoms with Crippen LogP contribution in [-0.4, -0.2) is 53.9 Å². The van der Waals surface area contributed by atoms with Crippen LogP contribution in [0.25, 0.3) is 0 Å². The SMILES string of the molecule is CC(C)(C)OC(=O)NC1CC(NC2CCN3CCCC23)C1. The molecule has 2 aliphatic heterocycles. The summed E-state index contributed by atoms with van der Waals surface area (Å²) in [5.41, 5.74) is -0.415. The molecule has 3 rings (SSSR count). The Kier molecular flexibility index (Phi) is 4.14. The van der Waals surface area contributed by atoms with Gasteiger partial charge in [-0.05, 0) is 59.4 Å². The van der Waals surface area contributed by atoms with E-state index < -0.39 is 5.60 Å². The number of amides is 1. The van der Waals surface area contributed by atoms with Crippen LogP contribution in [0.4, 0.5) is 4.79 Å². The maximum Gasteiger partial charge on any atom is 0.407 e. The molecule has 0 aromatic rings. The third-order valence-electron chi connectivity index (χ3n) is 4.91. The van der Waals surface area contributed by atoms with Gasteiger partial charge in [0.1, 0.15) is 5.60 Å². The number of rotatable bonds is 3. The van der Waals surface area contributed by atoms with Crippen molar-refractivity contribution in [1.29, 1.82) is 0 Å². The summed E-state index contributed by atoms with van der Waals surface area (Å²) in [4.78, 5) is 14.3. The van der Waals surface area contributed by atoms with Gasteiger partial charge in [0.15, 0.2) is 0 Å². The van der Waals surface area contributed by atoms with Gasteiger partial charge in [0.05, 0.1) is 0 Å². The number of fused-ring (bicyclic) bond motifs is 1. The highest BCUT2D eigenvalue weighted by atomic mass is 16.6. The highest BCUT2D eigenvalue weighted by molar-refractivity contribution is 5.68. The summed E-state index contributed by atoms with van der Waals surface area (Å²) in [6.45, 7) is 8.23. The van der Waals surface area contributed by atoms with E-state index in [1.54, 1.807) is 0 Å². The first-order valence-corrected chi connectivity index (χ1v) is 8.40. The topological polar surface area (TPSA) is 53.6 Å². The van der Waals surface area contributed by atoms with E-state index in [0.717, 1.165) is 18.9 Å². The van der Waals surface area contributed by atoms with Crippen molar-refractivity contribution in [3.8, 4) is 0 Å². The quantitative estimate of drug-likeness (QED) is 0.834. The lowest BCUT2D eigenvalue weighted by Gasteiger charge is -2.39. The van der Waals surface area contributed by atoms with E-state index in [0.29, 0.717) is 12.1 Å². The number of alkyl carbamates (subject to hydrolysis) is 1. The highest BCUT2D eigenvalue weighted by Crippen LogP contribution is 2.30. The van der Waals surface area contributed by atoms with Crippen LogP contribution in [0.15, 0.2) is 0 Å². The molecule has 0 aromatic heterocycles. The van der Waals surface area contributed by atoms with E-state index >= 15 is 0 Å². The zero-order valence-electron chi connectivity index (χ0n) is 13.5. The fourth-order valence-corrected chi connectivity index (χ4v) is 3.93. The number of nitrogens with zero attached hydrogens (tertiary/aromatic N) is 1. The van der Waals surface area contributed by atoms with Crippen molar-refractivity contribution in [3.05, 3.63) is 0 Å². The standard InChI is InChI=1S/C16H29N3O2/c1-16(2,3)21-15(20)18-12-9-11(10-12)17-13-6-8-19-7-4-5-14(13)19/h11-14,17H,4-10H2,1-3H3,(H,18,20). The molecule has 1 aliphatic carbocycles. The first-order chi connectivity index (χ1) is 9.90. The minimum absolute atomic E-state index is 0.276. The lowest BCUT2D eigenvalue weighted by molar-refractivity contribution is 0.0462. The summed E-state index contributed by atoms with van der Waals surface area (Å²) in [5.74, 6) is 0. The van der Waals surface area contributed by atoms with Crippen LogP contribution < -0.4 is 10.6 Å². The maximum absolute atomic E-state index is 11.7. The Morgan fingerprint density at radius 1 is 1.14 bits per heavy atom. The molecule has 1 saturated carbocycles. The number of carbonyl (C=O) groups is 1. The monoisotopic (exact) mass is 295 g/mol. The van der Waals surface area contributed by atoms with Crippen molar-refractivity contribution in [1.82, 2.24) is 15.5 Å². The van der Waals surface area contributed by atoms with Crippen LogP contribution in [0.1, 0.15) is 52.9 Å². The fourth-order valence-electron chi connectivity index (χ4n) is 3.93. The van der Waals surface area contributed by atoms with Gasteiger partial charge in [0.2, 0.25) is 0 Å². The Morgan fingerprint density at radius 2 is 1.90 bits per heavy atom. The molecule has 3 aliphatic rings. The molecule has 5 heteroatoms. The molecule has 0 radical (unpaired) electrons. The minimum Gasteiger partial charge on any atom is -0.444 e. The van der Waals surface area contributed by atoms with Gasteiger partial charge in [-0.15, -0.1) is 0 Å². The first kappa shape index (κ1) is 15.1. The maximum atomic E-state index is 11.7. The molecule has 2 unspecified atom stereocenters. The molecule has 3 fully saturated rings. The third-order valence-corrected chi connectivity index (χ3v) is 4.91. The Hall–Kier alpha value is -0.810. The second-order valence-electron chi connectivity index (χ2n) is 7.82. The van der Waals surface area contributed by atoms with Crippen molar-refractivity contribution in [3.63, 3.8) is 0 Å². The predicted octanol–water partition coefficient (Wildman–Crippen LogP) is 1.87. The normalized spacial score (nSPS) is 36.1. The molecule has 120 valence electrons. The van der Waals surface area contributed by atoms with Crippen LogP contribution in [0.3, 0.4) is 0 Å². The van der Waals surface area contributed by atoms with E-state index in [-0.39, 0.29) is 12.1 Å². The highest BCUT2D eigenvalue weighted by Gasteiger charge is 2.40. The number of nitrogens with one attached hydrogen (secondary N) is 2. The van der Waals surface area contributed by atoms with Crippen LogP contribution >= 0.6 is 0 Å². The largest absolute Gasteiger partial charge is 0.444 e. The van der Waals surface area contributed by atoms with E-state index in [4.69, 9.17) is 4.74 Å². The lowest BCUT2D eigenvalue weighted by atomic mass is 9.85. The van der Waals surface area contributed by atoms with Gasteiger partial charge in [-0.2, -0.15) is 0 Å². The Bertz CT molecular complexity index is 387. The number of carbonyl (C=O) groups excluding carboxylic acids is 1. The molecule has 2 atom stereocenters. The second-order valence-corrected chi connectivity index (χ2v) is 7.82. The van der Waals surface area contributed by atoms with Crippen LogP contribution in [-0.2, 0) is 4.74 Å². The van der Waals surface area contributed by atoms with Gasteiger partial charge in [0, 0.05) is 30.7 Å². The van der Waals surface area contributed by atoms with Gasteiger partial charge in [0.25, 0.3) is 0 Å². The molecule has 2 saturated heterocycles. The van der Waals surface area contributed by atoms with E-state index in [2.05, 4.69) is 15.5 Å². The Balaban J connectivity index is 1.35. The first-order valence-electron chi connectivity index (χ1n) is 8.40. The van der Waals surface area contributed by atoms with Gasteiger partial charge in [-0.3, -0.25) is 4.90 Å². The van der Waals surface area contributed by atoms with Crippen LogP contribution in [0.5, 0.6) is 0 Å². The van der Waals surface area contributed by atoms with Gasteiger partial charge in [-0.25, -0.2) is 4.79 Å².